The Morgan fingerprint density at radius 2 is 2.11 bits per heavy atom. The van der Waals surface area contributed by atoms with Gasteiger partial charge in [0.2, 0.25) is 5.91 Å². The lowest BCUT2D eigenvalue weighted by molar-refractivity contribution is 0.0499. The number of anilines is 1. The Morgan fingerprint density at radius 3 is 2.72 bits per heavy atom. The topological polar surface area (TPSA) is 87.6 Å². The molecular formula is C13H18N2O3. The summed E-state index contributed by atoms with van der Waals surface area (Å²) in [7, 11) is 0. The summed E-state index contributed by atoms with van der Waals surface area (Å²) < 4.78 is 11.0. The first kappa shape index (κ1) is 12.7. The maximum atomic E-state index is 11.0. The molecule has 0 spiro atoms. The summed E-state index contributed by atoms with van der Waals surface area (Å²) in [6.07, 6.45) is 2.03. The number of nitrogens with two attached hydrogens (primary N) is 2. The third kappa shape index (κ3) is 3.13. The molecule has 0 bridgehead atoms. The predicted molar refractivity (Wildman–Crippen MR) is 68.4 cm³/mol. The Kier molecular flexibility index (Phi) is 4.04. The van der Waals surface area contributed by atoms with Crippen molar-refractivity contribution in [2.24, 2.45) is 11.7 Å². The summed E-state index contributed by atoms with van der Waals surface area (Å²) in [5.41, 5.74) is 11.8. The number of hydrogen-bond acceptors (Lipinski definition) is 4. The molecule has 1 aromatic rings. The minimum absolute atomic E-state index is 0.394. The monoisotopic (exact) mass is 250 g/mol. The molecule has 1 saturated heterocycles. The number of rotatable bonds is 4. The van der Waals surface area contributed by atoms with Crippen LogP contribution >= 0.6 is 0 Å². The lowest BCUT2D eigenvalue weighted by Gasteiger charge is -2.22. The SMILES string of the molecule is NC(=O)c1ccc(OCC2CCOCC2)c(N)c1. The molecule has 0 aliphatic carbocycles. The summed E-state index contributed by atoms with van der Waals surface area (Å²) in [6.45, 7) is 2.22. The van der Waals surface area contributed by atoms with Gasteiger partial charge in [-0.05, 0) is 37.0 Å². The van der Waals surface area contributed by atoms with E-state index in [1.54, 1.807) is 18.2 Å². The van der Waals surface area contributed by atoms with Crippen LogP contribution in [0.5, 0.6) is 5.75 Å². The second-order valence-electron chi connectivity index (χ2n) is 4.48. The van der Waals surface area contributed by atoms with Crippen LogP contribution in [0.4, 0.5) is 5.69 Å². The van der Waals surface area contributed by atoms with E-state index in [1.165, 1.54) is 0 Å². The standard InChI is InChI=1S/C13H18N2O3/c14-11-7-10(13(15)16)1-2-12(11)18-8-9-3-5-17-6-4-9/h1-2,7,9H,3-6,8,14H2,(H2,15,16). The molecule has 5 heteroatoms. The Hall–Kier alpha value is -1.75. The third-order valence-corrected chi connectivity index (χ3v) is 3.11. The summed E-state index contributed by atoms with van der Waals surface area (Å²) in [4.78, 5) is 11.0. The third-order valence-electron chi connectivity index (χ3n) is 3.11. The second-order valence-corrected chi connectivity index (χ2v) is 4.48. The van der Waals surface area contributed by atoms with Gasteiger partial charge < -0.3 is 20.9 Å². The van der Waals surface area contributed by atoms with Gasteiger partial charge in [0, 0.05) is 18.8 Å². The van der Waals surface area contributed by atoms with Gasteiger partial charge in [-0.2, -0.15) is 0 Å². The number of nitrogen functional groups attached to an aromatic ring is 1. The maximum Gasteiger partial charge on any atom is 0.248 e. The van der Waals surface area contributed by atoms with Gasteiger partial charge in [-0.1, -0.05) is 0 Å². The van der Waals surface area contributed by atoms with Crippen LogP contribution in [0.2, 0.25) is 0 Å². The lowest BCUT2D eigenvalue weighted by Crippen LogP contribution is -2.21. The molecule has 98 valence electrons. The minimum Gasteiger partial charge on any atom is -0.491 e. The summed E-state index contributed by atoms with van der Waals surface area (Å²) in [5, 5.41) is 0. The normalized spacial score (nSPS) is 16.4. The first-order valence-electron chi connectivity index (χ1n) is 6.06. The van der Waals surface area contributed by atoms with E-state index in [1.807, 2.05) is 0 Å². The highest BCUT2D eigenvalue weighted by atomic mass is 16.5. The van der Waals surface area contributed by atoms with E-state index in [0.717, 1.165) is 26.1 Å². The van der Waals surface area contributed by atoms with Crippen LogP contribution in [0.3, 0.4) is 0 Å². The molecular weight excluding hydrogens is 232 g/mol. The number of benzene rings is 1. The highest BCUT2D eigenvalue weighted by Gasteiger charge is 2.15. The van der Waals surface area contributed by atoms with Crippen LogP contribution in [-0.2, 0) is 4.74 Å². The van der Waals surface area contributed by atoms with Crippen molar-refractivity contribution in [1.29, 1.82) is 0 Å². The average Bonchev–Trinajstić information content (AvgIpc) is 2.38. The van der Waals surface area contributed by atoms with Crippen molar-refractivity contribution in [2.75, 3.05) is 25.6 Å². The van der Waals surface area contributed by atoms with Crippen LogP contribution in [0.15, 0.2) is 18.2 Å². The predicted octanol–water partition coefficient (Wildman–Crippen LogP) is 1.17. The molecule has 1 heterocycles. The quantitative estimate of drug-likeness (QED) is 0.785. The van der Waals surface area contributed by atoms with Crippen molar-refractivity contribution < 1.29 is 14.3 Å². The van der Waals surface area contributed by atoms with E-state index < -0.39 is 5.91 Å². The van der Waals surface area contributed by atoms with Gasteiger partial charge in [-0.3, -0.25) is 4.79 Å². The Bertz CT molecular complexity index is 428. The number of hydrogen-bond donors (Lipinski definition) is 2. The smallest absolute Gasteiger partial charge is 0.248 e. The fourth-order valence-corrected chi connectivity index (χ4v) is 1.95. The summed E-state index contributed by atoms with van der Waals surface area (Å²) >= 11 is 0. The molecule has 1 aliphatic heterocycles. The second kappa shape index (κ2) is 5.73. The molecule has 1 amide bonds. The van der Waals surface area contributed by atoms with Gasteiger partial charge in [-0.15, -0.1) is 0 Å². The van der Waals surface area contributed by atoms with Gasteiger partial charge in [0.25, 0.3) is 0 Å². The number of ether oxygens (including phenoxy) is 2. The van der Waals surface area contributed by atoms with Crippen LogP contribution in [-0.4, -0.2) is 25.7 Å². The number of carbonyl (C=O) groups excluding carboxylic acids is 1. The van der Waals surface area contributed by atoms with E-state index >= 15 is 0 Å². The van der Waals surface area contributed by atoms with Crippen LogP contribution in [0.25, 0.3) is 0 Å². The molecule has 0 unspecified atom stereocenters. The zero-order valence-corrected chi connectivity index (χ0v) is 10.2. The number of primary amides is 1. The molecule has 0 aromatic heterocycles. The molecule has 1 aromatic carbocycles. The molecule has 0 saturated carbocycles. The van der Waals surface area contributed by atoms with Crippen molar-refractivity contribution in [3.05, 3.63) is 23.8 Å². The molecule has 18 heavy (non-hydrogen) atoms. The van der Waals surface area contributed by atoms with Crippen LogP contribution in [0.1, 0.15) is 23.2 Å². The van der Waals surface area contributed by atoms with Crippen LogP contribution < -0.4 is 16.2 Å². The van der Waals surface area contributed by atoms with E-state index in [0.29, 0.717) is 29.5 Å². The molecule has 4 N–H and O–H groups in total. The Balaban J connectivity index is 1.94. The Labute approximate surface area is 106 Å². The molecule has 1 aliphatic rings. The molecule has 0 atom stereocenters. The number of carbonyl (C=O) groups is 1. The summed E-state index contributed by atoms with van der Waals surface area (Å²) in [5.74, 6) is 0.623. The van der Waals surface area contributed by atoms with E-state index in [4.69, 9.17) is 20.9 Å². The molecule has 5 nitrogen and oxygen atoms in total. The van der Waals surface area contributed by atoms with Crippen molar-refractivity contribution in [3.63, 3.8) is 0 Å². The summed E-state index contributed by atoms with van der Waals surface area (Å²) in [6, 6.07) is 4.86. The van der Waals surface area contributed by atoms with E-state index in [9.17, 15) is 4.79 Å². The molecule has 1 fully saturated rings. The molecule has 0 radical (unpaired) electrons. The zero-order chi connectivity index (χ0) is 13.0. The van der Waals surface area contributed by atoms with Gasteiger partial charge >= 0.3 is 0 Å². The fourth-order valence-electron chi connectivity index (χ4n) is 1.95. The van der Waals surface area contributed by atoms with Crippen molar-refractivity contribution >= 4 is 11.6 Å². The average molecular weight is 250 g/mol. The van der Waals surface area contributed by atoms with Crippen molar-refractivity contribution in [1.82, 2.24) is 0 Å². The Morgan fingerprint density at radius 1 is 1.39 bits per heavy atom. The van der Waals surface area contributed by atoms with E-state index in [2.05, 4.69) is 0 Å². The van der Waals surface area contributed by atoms with Crippen molar-refractivity contribution in [3.8, 4) is 5.75 Å². The van der Waals surface area contributed by atoms with Gasteiger partial charge in [-0.25, -0.2) is 0 Å². The van der Waals surface area contributed by atoms with Gasteiger partial charge in [0.15, 0.2) is 0 Å². The largest absolute Gasteiger partial charge is 0.491 e. The van der Waals surface area contributed by atoms with Gasteiger partial charge in [0.05, 0.1) is 12.3 Å². The minimum atomic E-state index is -0.488. The lowest BCUT2D eigenvalue weighted by atomic mass is 10.0. The number of amides is 1. The van der Waals surface area contributed by atoms with Gasteiger partial charge in [0.1, 0.15) is 5.75 Å². The first-order valence-corrected chi connectivity index (χ1v) is 6.06. The van der Waals surface area contributed by atoms with Crippen LogP contribution in [0, 0.1) is 5.92 Å². The van der Waals surface area contributed by atoms with E-state index in [-0.39, 0.29) is 0 Å². The highest BCUT2D eigenvalue weighted by molar-refractivity contribution is 5.94. The fraction of sp³-hybridized carbons (Fsp3) is 0.462. The first-order chi connectivity index (χ1) is 8.66. The highest BCUT2D eigenvalue weighted by Crippen LogP contribution is 2.24. The molecule has 2 rings (SSSR count). The zero-order valence-electron chi connectivity index (χ0n) is 10.2. The maximum absolute atomic E-state index is 11.0. The van der Waals surface area contributed by atoms with Crippen molar-refractivity contribution in [2.45, 2.75) is 12.8 Å².